The Morgan fingerprint density at radius 2 is 1.95 bits per heavy atom. The van der Waals surface area contributed by atoms with Gasteiger partial charge >= 0.3 is 12.0 Å². The van der Waals surface area contributed by atoms with Crippen molar-refractivity contribution in [2.45, 2.75) is 50.8 Å². The summed E-state index contributed by atoms with van der Waals surface area (Å²) in [6.45, 7) is 5.97. The van der Waals surface area contributed by atoms with Crippen molar-refractivity contribution in [3.8, 4) is 0 Å². The first kappa shape index (κ1) is 16.1. The summed E-state index contributed by atoms with van der Waals surface area (Å²) in [4.78, 5) is 23.0. The van der Waals surface area contributed by atoms with Crippen molar-refractivity contribution in [2.75, 3.05) is 12.8 Å². The number of aliphatic carboxylic acids is 1. The molecule has 0 saturated heterocycles. The summed E-state index contributed by atoms with van der Waals surface area (Å²) in [5.74, 6) is -1.01. The Labute approximate surface area is 118 Å². The molecule has 0 aromatic rings. The molecular weight excluding hydrogens is 264 g/mol. The van der Waals surface area contributed by atoms with Gasteiger partial charge in [0.25, 0.3) is 0 Å². The Balaban J connectivity index is 2.47. The van der Waals surface area contributed by atoms with E-state index in [2.05, 4.69) is 10.6 Å². The predicted molar refractivity (Wildman–Crippen MR) is 77.5 cm³/mol. The van der Waals surface area contributed by atoms with Gasteiger partial charge in [0.05, 0.1) is 0 Å². The van der Waals surface area contributed by atoms with E-state index < -0.39 is 23.5 Å². The van der Waals surface area contributed by atoms with Gasteiger partial charge in [0, 0.05) is 11.3 Å². The van der Waals surface area contributed by atoms with Crippen LogP contribution < -0.4 is 10.6 Å². The van der Waals surface area contributed by atoms with Gasteiger partial charge in [-0.05, 0) is 24.5 Å². The molecule has 1 saturated carbocycles. The normalized spacial score (nSPS) is 19.2. The molecule has 1 aliphatic rings. The number of nitrogens with one attached hydrogen (secondary N) is 2. The summed E-state index contributed by atoms with van der Waals surface area (Å²) in [5, 5.41) is 14.5. The molecule has 1 unspecified atom stereocenters. The number of urea groups is 1. The molecule has 0 aromatic heterocycles. The van der Waals surface area contributed by atoms with E-state index in [1.54, 1.807) is 32.5 Å². The predicted octanol–water partition coefficient (Wildman–Crippen LogP) is 2.07. The lowest BCUT2D eigenvalue weighted by Crippen LogP contribution is -2.55. The number of thioether (sulfide) groups is 1. The Kier molecular flexibility index (Phi) is 5.12. The zero-order valence-electron chi connectivity index (χ0n) is 12.1. The van der Waals surface area contributed by atoms with Crippen molar-refractivity contribution in [1.82, 2.24) is 10.6 Å². The molecule has 0 spiro atoms. The molecule has 0 aliphatic heterocycles. The van der Waals surface area contributed by atoms with E-state index in [4.69, 9.17) is 5.11 Å². The molecule has 6 heteroatoms. The fraction of sp³-hybridized carbons (Fsp3) is 0.846. The lowest BCUT2D eigenvalue weighted by molar-refractivity contribution is -0.141. The van der Waals surface area contributed by atoms with Gasteiger partial charge in [-0.2, -0.15) is 11.8 Å². The number of hydrogen-bond donors (Lipinski definition) is 3. The monoisotopic (exact) mass is 288 g/mol. The first-order chi connectivity index (χ1) is 8.70. The minimum absolute atomic E-state index is 0.151. The Morgan fingerprint density at radius 1 is 1.37 bits per heavy atom. The molecule has 5 nitrogen and oxygen atoms in total. The van der Waals surface area contributed by atoms with Crippen molar-refractivity contribution in [2.24, 2.45) is 5.41 Å². The van der Waals surface area contributed by atoms with E-state index >= 15 is 0 Å². The van der Waals surface area contributed by atoms with E-state index in [0.29, 0.717) is 6.54 Å². The van der Waals surface area contributed by atoms with Crippen LogP contribution in [0.3, 0.4) is 0 Å². The summed E-state index contributed by atoms with van der Waals surface area (Å²) in [6, 6.07) is -1.29. The van der Waals surface area contributed by atoms with Gasteiger partial charge in [-0.15, -0.1) is 0 Å². The minimum atomic E-state index is -1.01. The maximum atomic E-state index is 11.8. The van der Waals surface area contributed by atoms with Crippen LogP contribution in [0.15, 0.2) is 0 Å². The van der Waals surface area contributed by atoms with Gasteiger partial charge in [-0.1, -0.05) is 27.2 Å². The maximum Gasteiger partial charge on any atom is 0.326 e. The van der Waals surface area contributed by atoms with Crippen LogP contribution in [0.2, 0.25) is 0 Å². The van der Waals surface area contributed by atoms with E-state index in [1.807, 2.05) is 6.26 Å². The third-order valence-corrected chi connectivity index (χ3v) is 5.08. The third kappa shape index (κ3) is 4.30. The number of carbonyl (C=O) groups excluding carboxylic acids is 1. The van der Waals surface area contributed by atoms with E-state index in [1.165, 1.54) is 6.42 Å². The van der Waals surface area contributed by atoms with Gasteiger partial charge in [0.2, 0.25) is 0 Å². The SMILES string of the molecule is CSC1(CNC(=O)NC(C(=O)O)C(C)(C)C)CCC1. The highest BCUT2D eigenvalue weighted by molar-refractivity contribution is 8.00. The Morgan fingerprint density at radius 3 is 2.26 bits per heavy atom. The van der Waals surface area contributed by atoms with E-state index in [9.17, 15) is 9.59 Å². The molecule has 0 radical (unpaired) electrons. The van der Waals surface area contributed by atoms with Gasteiger partial charge in [0.15, 0.2) is 0 Å². The van der Waals surface area contributed by atoms with Crippen LogP contribution in [0.25, 0.3) is 0 Å². The fourth-order valence-electron chi connectivity index (χ4n) is 2.10. The fourth-order valence-corrected chi connectivity index (χ4v) is 3.01. The molecule has 19 heavy (non-hydrogen) atoms. The highest BCUT2D eigenvalue weighted by Crippen LogP contribution is 2.42. The number of carboxylic acids is 1. The molecule has 1 fully saturated rings. The lowest BCUT2D eigenvalue weighted by Gasteiger charge is -2.40. The number of hydrogen-bond acceptors (Lipinski definition) is 3. The zero-order valence-corrected chi connectivity index (χ0v) is 12.9. The van der Waals surface area contributed by atoms with Crippen LogP contribution in [0, 0.1) is 5.41 Å². The van der Waals surface area contributed by atoms with Crippen molar-refractivity contribution < 1.29 is 14.7 Å². The van der Waals surface area contributed by atoms with Crippen LogP contribution in [0.5, 0.6) is 0 Å². The first-order valence-corrected chi connectivity index (χ1v) is 7.75. The third-order valence-electron chi connectivity index (χ3n) is 3.66. The molecule has 110 valence electrons. The quantitative estimate of drug-likeness (QED) is 0.723. The number of carboxylic acid groups (broad SMARTS) is 1. The summed E-state index contributed by atoms with van der Waals surface area (Å²) in [5.41, 5.74) is -0.517. The molecule has 1 atom stereocenters. The van der Waals surface area contributed by atoms with Crippen LogP contribution in [-0.2, 0) is 4.79 Å². The first-order valence-electron chi connectivity index (χ1n) is 6.52. The Hall–Kier alpha value is -0.910. The topological polar surface area (TPSA) is 78.4 Å². The Bertz CT molecular complexity index is 343. The molecule has 3 N–H and O–H groups in total. The van der Waals surface area contributed by atoms with Gasteiger partial charge in [-0.3, -0.25) is 0 Å². The lowest BCUT2D eigenvalue weighted by atomic mass is 9.84. The number of rotatable bonds is 5. The zero-order chi connectivity index (χ0) is 14.7. The van der Waals surface area contributed by atoms with Crippen LogP contribution in [0.4, 0.5) is 4.79 Å². The molecule has 1 rings (SSSR count). The largest absolute Gasteiger partial charge is 0.480 e. The molecular formula is C13H24N2O3S. The van der Waals surface area contributed by atoms with E-state index in [0.717, 1.165) is 12.8 Å². The summed E-state index contributed by atoms with van der Waals surface area (Å²) < 4.78 is 0.151. The maximum absolute atomic E-state index is 11.8. The number of carbonyl (C=O) groups is 2. The van der Waals surface area contributed by atoms with Gasteiger partial charge < -0.3 is 15.7 Å². The number of amides is 2. The standard InChI is InChI=1S/C13H24N2O3S/c1-12(2,3)9(10(16)17)15-11(18)14-8-13(19-4)6-5-7-13/h9H,5-8H2,1-4H3,(H,16,17)(H2,14,15,18). The minimum Gasteiger partial charge on any atom is -0.480 e. The molecule has 0 aromatic carbocycles. The molecule has 0 bridgehead atoms. The average molecular weight is 288 g/mol. The smallest absolute Gasteiger partial charge is 0.326 e. The summed E-state index contributed by atoms with van der Waals surface area (Å²) in [6.07, 6.45) is 5.46. The van der Waals surface area contributed by atoms with Gasteiger partial charge in [0.1, 0.15) is 6.04 Å². The van der Waals surface area contributed by atoms with Crippen molar-refractivity contribution in [3.05, 3.63) is 0 Å². The second-order valence-corrected chi connectivity index (χ2v) is 7.48. The van der Waals surface area contributed by atoms with Crippen LogP contribution in [-0.4, -0.2) is 40.7 Å². The van der Waals surface area contributed by atoms with Crippen molar-refractivity contribution in [1.29, 1.82) is 0 Å². The van der Waals surface area contributed by atoms with Crippen molar-refractivity contribution in [3.63, 3.8) is 0 Å². The summed E-state index contributed by atoms with van der Waals surface area (Å²) in [7, 11) is 0. The van der Waals surface area contributed by atoms with Crippen LogP contribution >= 0.6 is 11.8 Å². The second kappa shape index (κ2) is 6.03. The van der Waals surface area contributed by atoms with Crippen LogP contribution in [0.1, 0.15) is 40.0 Å². The molecule has 1 aliphatic carbocycles. The van der Waals surface area contributed by atoms with Gasteiger partial charge in [-0.25, -0.2) is 9.59 Å². The average Bonchev–Trinajstić information content (AvgIpc) is 2.23. The molecule has 0 heterocycles. The molecule has 2 amide bonds. The second-order valence-electron chi connectivity index (χ2n) is 6.20. The van der Waals surface area contributed by atoms with E-state index in [-0.39, 0.29) is 4.75 Å². The summed E-state index contributed by atoms with van der Waals surface area (Å²) >= 11 is 1.77. The van der Waals surface area contributed by atoms with Crippen molar-refractivity contribution >= 4 is 23.8 Å². The highest BCUT2D eigenvalue weighted by Gasteiger charge is 2.37. The highest BCUT2D eigenvalue weighted by atomic mass is 32.2.